The number of rotatable bonds is 4. The molecule has 0 amide bonds. The second-order valence-electron chi connectivity index (χ2n) is 4.67. The van der Waals surface area contributed by atoms with Crippen LogP contribution in [0.4, 0.5) is 10.1 Å². The number of hydrogen-bond acceptors (Lipinski definition) is 4. The van der Waals surface area contributed by atoms with Gasteiger partial charge in [-0.05, 0) is 35.7 Å². The molecule has 0 aliphatic carbocycles. The number of nitrogens with one attached hydrogen (secondary N) is 2. The minimum atomic E-state index is -3.93. The number of H-pyrrole nitrogens is 1. The molecule has 0 spiro atoms. The third-order valence-corrected chi connectivity index (χ3v) is 5.17. The zero-order valence-electron chi connectivity index (χ0n) is 11.6. The van der Waals surface area contributed by atoms with Gasteiger partial charge in [0.25, 0.3) is 10.0 Å². The molecule has 0 aliphatic heterocycles. The van der Waals surface area contributed by atoms with Crippen LogP contribution in [0, 0.1) is 17.1 Å². The van der Waals surface area contributed by atoms with Crippen molar-refractivity contribution < 1.29 is 12.8 Å². The summed E-state index contributed by atoms with van der Waals surface area (Å²) >= 11 is 1.50. The predicted octanol–water partition coefficient (Wildman–Crippen LogP) is 3.55. The number of hydrogen-bond donors (Lipinski definition) is 2. The summed E-state index contributed by atoms with van der Waals surface area (Å²) < 4.78 is 40.7. The van der Waals surface area contributed by atoms with Crippen molar-refractivity contribution in [3.63, 3.8) is 0 Å². The molecule has 2 aromatic heterocycles. The van der Waals surface area contributed by atoms with E-state index in [1.54, 1.807) is 6.07 Å². The van der Waals surface area contributed by atoms with Crippen molar-refractivity contribution >= 4 is 27.0 Å². The normalized spacial score (nSPS) is 11.1. The second kappa shape index (κ2) is 5.87. The molecule has 0 radical (unpaired) electrons. The van der Waals surface area contributed by atoms with Gasteiger partial charge in [0.05, 0.1) is 17.3 Å². The lowest BCUT2D eigenvalue weighted by Gasteiger charge is -2.07. The number of sulfonamides is 1. The van der Waals surface area contributed by atoms with Gasteiger partial charge in [0.2, 0.25) is 0 Å². The Kier molecular flexibility index (Phi) is 3.90. The van der Waals surface area contributed by atoms with Crippen LogP contribution in [0.5, 0.6) is 0 Å². The van der Waals surface area contributed by atoms with Crippen molar-refractivity contribution in [1.29, 1.82) is 5.26 Å². The maximum Gasteiger partial charge on any atom is 0.263 e. The number of thiophene rings is 1. The zero-order chi connectivity index (χ0) is 16.4. The van der Waals surface area contributed by atoms with Crippen LogP contribution in [-0.2, 0) is 10.0 Å². The lowest BCUT2D eigenvalue weighted by Crippen LogP contribution is -2.13. The fourth-order valence-electron chi connectivity index (χ4n) is 1.99. The van der Waals surface area contributed by atoms with Gasteiger partial charge >= 0.3 is 0 Å². The molecule has 3 rings (SSSR count). The SMILES string of the molecule is N#Cc1ccc(NS(=O)(=O)c2c[nH]c(-c3ccsc3)c2)c(F)c1. The summed E-state index contributed by atoms with van der Waals surface area (Å²) in [7, 11) is -3.93. The van der Waals surface area contributed by atoms with E-state index in [0.29, 0.717) is 5.69 Å². The lowest BCUT2D eigenvalue weighted by atomic mass is 10.2. The molecule has 0 aliphatic rings. The summed E-state index contributed by atoms with van der Waals surface area (Å²) in [5.74, 6) is -0.804. The van der Waals surface area contributed by atoms with Crippen molar-refractivity contribution in [3.8, 4) is 17.3 Å². The van der Waals surface area contributed by atoms with Crippen LogP contribution in [0.25, 0.3) is 11.3 Å². The van der Waals surface area contributed by atoms with E-state index >= 15 is 0 Å². The fraction of sp³-hybridized carbons (Fsp3) is 0. The van der Waals surface area contributed by atoms with E-state index in [9.17, 15) is 12.8 Å². The summed E-state index contributed by atoms with van der Waals surface area (Å²) in [5, 5.41) is 12.5. The van der Waals surface area contributed by atoms with E-state index in [0.717, 1.165) is 11.6 Å². The zero-order valence-corrected chi connectivity index (χ0v) is 13.2. The van der Waals surface area contributed by atoms with E-state index in [2.05, 4.69) is 9.71 Å². The molecule has 5 nitrogen and oxygen atoms in total. The Labute approximate surface area is 136 Å². The molecule has 116 valence electrons. The van der Waals surface area contributed by atoms with Crippen LogP contribution in [0.2, 0.25) is 0 Å². The Morgan fingerprint density at radius 3 is 2.74 bits per heavy atom. The van der Waals surface area contributed by atoms with Gasteiger partial charge in [0, 0.05) is 22.8 Å². The predicted molar refractivity (Wildman–Crippen MR) is 86.0 cm³/mol. The monoisotopic (exact) mass is 347 g/mol. The van der Waals surface area contributed by atoms with Gasteiger partial charge in [-0.25, -0.2) is 12.8 Å². The van der Waals surface area contributed by atoms with Crippen LogP contribution < -0.4 is 4.72 Å². The van der Waals surface area contributed by atoms with E-state index < -0.39 is 15.8 Å². The van der Waals surface area contributed by atoms with Crippen molar-refractivity contribution in [2.45, 2.75) is 4.90 Å². The van der Waals surface area contributed by atoms with Gasteiger partial charge in [0.15, 0.2) is 0 Å². The Hall–Kier alpha value is -2.63. The topological polar surface area (TPSA) is 85.8 Å². The first-order chi connectivity index (χ1) is 11.0. The van der Waals surface area contributed by atoms with Crippen molar-refractivity contribution in [2.24, 2.45) is 0 Å². The average molecular weight is 347 g/mol. The summed E-state index contributed by atoms with van der Waals surface area (Å²) in [6.45, 7) is 0. The third-order valence-electron chi connectivity index (χ3n) is 3.14. The van der Waals surface area contributed by atoms with E-state index in [-0.39, 0.29) is 16.1 Å². The quantitative estimate of drug-likeness (QED) is 0.757. The molecule has 0 unspecified atom stereocenters. The molecule has 0 saturated carbocycles. The number of nitriles is 1. The van der Waals surface area contributed by atoms with Crippen LogP contribution >= 0.6 is 11.3 Å². The molecule has 0 saturated heterocycles. The van der Waals surface area contributed by atoms with E-state index in [1.807, 2.05) is 16.8 Å². The first-order valence-corrected chi connectivity index (χ1v) is 8.85. The maximum atomic E-state index is 13.8. The smallest absolute Gasteiger partial charge is 0.263 e. The molecule has 0 atom stereocenters. The summed E-state index contributed by atoms with van der Waals surface area (Å²) in [6.07, 6.45) is 1.34. The highest BCUT2D eigenvalue weighted by atomic mass is 32.2. The number of halogens is 1. The molecular weight excluding hydrogens is 337 g/mol. The van der Waals surface area contributed by atoms with Crippen LogP contribution in [0.15, 0.2) is 52.2 Å². The molecule has 2 heterocycles. The number of nitrogens with zero attached hydrogens (tertiary/aromatic N) is 1. The van der Waals surface area contributed by atoms with Gasteiger partial charge in [0.1, 0.15) is 10.7 Å². The van der Waals surface area contributed by atoms with E-state index in [1.165, 1.54) is 35.7 Å². The fourth-order valence-corrected chi connectivity index (χ4v) is 3.70. The molecule has 0 bridgehead atoms. The van der Waals surface area contributed by atoms with E-state index in [4.69, 9.17) is 5.26 Å². The largest absolute Gasteiger partial charge is 0.360 e. The van der Waals surface area contributed by atoms with Crippen LogP contribution in [0.1, 0.15) is 5.56 Å². The number of aromatic nitrogens is 1. The van der Waals surface area contributed by atoms with Gasteiger partial charge in [-0.15, -0.1) is 0 Å². The summed E-state index contributed by atoms with van der Waals surface area (Å²) in [4.78, 5) is 2.89. The summed E-state index contributed by atoms with van der Waals surface area (Å²) in [6, 6.07) is 8.67. The maximum absolute atomic E-state index is 13.8. The first-order valence-electron chi connectivity index (χ1n) is 6.43. The standard InChI is InChI=1S/C15H10FN3O2S2/c16-13-5-10(7-17)1-2-14(13)19-23(20,21)12-6-15(18-8-12)11-3-4-22-9-11/h1-6,8-9,18-19H. The first kappa shape index (κ1) is 15.3. The van der Waals surface area contributed by atoms with Crippen LogP contribution in [0.3, 0.4) is 0 Å². The van der Waals surface area contributed by atoms with Gasteiger partial charge in [-0.3, -0.25) is 4.72 Å². The highest BCUT2D eigenvalue weighted by Gasteiger charge is 2.18. The van der Waals surface area contributed by atoms with Crippen molar-refractivity contribution in [3.05, 3.63) is 58.7 Å². The average Bonchev–Trinajstić information content (AvgIpc) is 3.20. The molecule has 1 aromatic carbocycles. The molecular formula is C15H10FN3O2S2. The third kappa shape index (κ3) is 3.11. The highest BCUT2D eigenvalue weighted by molar-refractivity contribution is 7.92. The molecule has 23 heavy (non-hydrogen) atoms. The minimum absolute atomic E-state index is 0.00228. The van der Waals surface area contributed by atoms with Crippen molar-refractivity contribution in [1.82, 2.24) is 4.98 Å². The van der Waals surface area contributed by atoms with Crippen LogP contribution in [-0.4, -0.2) is 13.4 Å². The van der Waals surface area contributed by atoms with Gasteiger partial charge in [-0.2, -0.15) is 16.6 Å². The Balaban J connectivity index is 1.89. The Bertz CT molecular complexity index is 986. The lowest BCUT2D eigenvalue weighted by molar-refractivity contribution is 0.598. The highest BCUT2D eigenvalue weighted by Crippen LogP contribution is 2.25. The number of aromatic amines is 1. The number of anilines is 1. The molecule has 0 fully saturated rings. The Morgan fingerprint density at radius 2 is 2.09 bits per heavy atom. The molecule has 3 aromatic rings. The van der Waals surface area contributed by atoms with Crippen molar-refractivity contribution in [2.75, 3.05) is 4.72 Å². The number of benzene rings is 1. The second-order valence-corrected chi connectivity index (χ2v) is 7.14. The van der Waals surface area contributed by atoms with Gasteiger partial charge < -0.3 is 4.98 Å². The summed E-state index contributed by atoms with van der Waals surface area (Å²) in [5.41, 5.74) is 1.45. The van der Waals surface area contributed by atoms with Gasteiger partial charge in [-0.1, -0.05) is 0 Å². The minimum Gasteiger partial charge on any atom is -0.360 e. The molecule has 8 heteroatoms. The molecule has 2 N–H and O–H groups in total. The Morgan fingerprint density at radius 1 is 1.26 bits per heavy atom.